The van der Waals surface area contributed by atoms with E-state index in [1.807, 2.05) is 12.1 Å². The number of rotatable bonds is 1. The third-order valence-corrected chi connectivity index (χ3v) is 3.82. The average Bonchev–Trinajstić information content (AvgIpc) is 2.40. The van der Waals surface area contributed by atoms with Gasteiger partial charge in [0.05, 0.1) is 5.02 Å². The first-order valence-electron chi connectivity index (χ1n) is 5.99. The minimum Gasteiger partial charge on any atom is -0.486 e. The molecule has 0 amide bonds. The largest absolute Gasteiger partial charge is 0.486 e. The molecule has 0 radical (unpaired) electrons. The second-order valence-corrected chi connectivity index (χ2v) is 5.20. The minimum atomic E-state index is 0.565. The number of halogens is 2. The summed E-state index contributed by atoms with van der Waals surface area (Å²) in [7, 11) is 0. The van der Waals surface area contributed by atoms with Gasteiger partial charge in [-0.05, 0) is 23.9 Å². The lowest BCUT2D eigenvalue weighted by Crippen LogP contribution is -2.42. The van der Waals surface area contributed by atoms with Crippen LogP contribution in [0.1, 0.15) is 0 Å². The minimum absolute atomic E-state index is 0.565. The molecule has 1 fully saturated rings. The highest BCUT2D eigenvalue weighted by atomic mass is 35.5. The number of fused-ring (bicyclic) bond motifs is 1. The van der Waals surface area contributed by atoms with Gasteiger partial charge in [-0.15, -0.1) is 0 Å². The van der Waals surface area contributed by atoms with Crippen LogP contribution in [-0.4, -0.2) is 43.8 Å². The van der Waals surface area contributed by atoms with Gasteiger partial charge in [-0.2, -0.15) is 0 Å². The average molecular weight is 289 g/mol. The zero-order valence-corrected chi connectivity index (χ0v) is 11.4. The van der Waals surface area contributed by atoms with Crippen molar-refractivity contribution in [2.75, 3.05) is 44.3 Å². The lowest BCUT2D eigenvalue weighted by molar-refractivity contribution is 0.172. The monoisotopic (exact) mass is 288 g/mol. The molecule has 18 heavy (non-hydrogen) atoms. The first kappa shape index (κ1) is 12.2. The summed E-state index contributed by atoms with van der Waals surface area (Å²) in [5, 5.41) is 0.697. The molecule has 1 saturated heterocycles. The summed E-state index contributed by atoms with van der Waals surface area (Å²) in [6, 6.07) is 3.72. The molecular weight excluding hydrogens is 275 g/mol. The van der Waals surface area contributed by atoms with Gasteiger partial charge in [-0.25, -0.2) is 4.42 Å². The molecule has 98 valence electrons. The van der Waals surface area contributed by atoms with Crippen molar-refractivity contribution in [3.8, 4) is 11.5 Å². The van der Waals surface area contributed by atoms with E-state index in [0.717, 1.165) is 43.4 Å². The molecule has 0 aliphatic carbocycles. The van der Waals surface area contributed by atoms with Crippen LogP contribution in [-0.2, 0) is 0 Å². The van der Waals surface area contributed by atoms with Gasteiger partial charge in [-0.1, -0.05) is 11.6 Å². The maximum absolute atomic E-state index is 6.31. The number of benzene rings is 1. The molecule has 0 aromatic heterocycles. The maximum Gasteiger partial charge on any atom is 0.186 e. The Hall–Kier alpha value is -0.840. The number of ether oxygens (including phenoxy) is 2. The molecular formula is C12H14Cl2N2O2. The van der Waals surface area contributed by atoms with E-state index in [4.69, 9.17) is 32.9 Å². The second kappa shape index (κ2) is 5.03. The van der Waals surface area contributed by atoms with Crippen LogP contribution in [0.3, 0.4) is 0 Å². The van der Waals surface area contributed by atoms with Gasteiger partial charge in [-0.3, -0.25) is 0 Å². The predicted molar refractivity (Wildman–Crippen MR) is 72.1 cm³/mol. The molecule has 0 unspecified atom stereocenters. The number of nitrogens with zero attached hydrogens (tertiary/aromatic N) is 2. The zero-order valence-electron chi connectivity index (χ0n) is 9.86. The Kier molecular flexibility index (Phi) is 3.41. The van der Waals surface area contributed by atoms with Gasteiger partial charge in [0.25, 0.3) is 0 Å². The molecule has 2 heterocycles. The van der Waals surface area contributed by atoms with E-state index in [0.29, 0.717) is 18.2 Å². The Bertz CT molecular complexity index is 448. The van der Waals surface area contributed by atoms with Crippen LogP contribution >= 0.6 is 23.4 Å². The topological polar surface area (TPSA) is 24.9 Å². The molecule has 0 atom stereocenters. The second-order valence-electron chi connectivity index (χ2n) is 4.32. The molecule has 0 spiro atoms. The van der Waals surface area contributed by atoms with Gasteiger partial charge in [0.15, 0.2) is 11.5 Å². The Morgan fingerprint density at radius 2 is 1.72 bits per heavy atom. The summed E-state index contributed by atoms with van der Waals surface area (Å²) in [4.78, 5) is 2.20. The van der Waals surface area contributed by atoms with Crippen molar-refractivity contribution in [3.05, 3.63) is 17.2 Å². The zero-order chi connectivity index (χ0) is 12.5. The van der Waals surface area contributed by atoms with Crippen molar-refractivity contribution >= 4 is 29.1 Å². The Balaban J connectivity index is 1.95. The van der Waals surface area contributed by atoms with Crippen molar-refractivity contribution < 1.29 is 9.47 Å². The number of anilines is 1. The fraction of sp³-hybridized carbons (Fsp3) is 0.500. The molecule has 4 nitrogen and oxygen atoms in total. The van der Waals surface area contributed by atoms with Crippen LogP contribution in [0, 0.1) is 0 Å². The Labute approximate surface area is 116 Å². The lowest BCUT2D eigenvalue weighted by atomic mass is 10.2. The third-order valence-electron chi connectivity index (χ3n) is 3.17. The van der Waals surface area contributed by atoms with Crippen molar-refractivity contribution in [3.63, 3.8) is 0 Å². The smallest absolute Gasteiger partial charge is 0.186 e. The maximum atomic E-state index is 6.31. The Morgan fingerprint density at radius 3 is 2.50 bits per heavy atom. The van der Waals surface area contributed by atoms with Crippen LogP contribution in [0.5, 0.6) is 11.5 Å². The molecule has 0 saturated carbocycles. The number of hydrogen-bond donors (Lipinski definition) is 0. The summed E-state index contributed by atoms with van der Waals surface area (Å²) in [5.74, 6) is 1.53. The highest BCUT2D eigenvalue weighted by Crippen LogP contribution is 2.44. The molecule has 6 heteroatoms. The first-order chi connectivity index (χ1) is 8.75. The highest BCUT2D eigenvalue weighted by molar-refractivity contribution is 6.33. The van der Waals surface area contributed by atoms with Gasteiger partial charge in [0.1, 0.15) is 18.9 Å². The standard InChI is InChI=1S/C12H14Cl2N2O2/c13-9-1-2-10-12(18-8-7-17-10)11(9)15-3-5-16(14)6-4-15/h1-2H,3-8H2. The highest BCUT2D eigenvalue weighted by Gasteiger charge is 2.25. The summed E-state index contributed by atoms with van der Waals surface area (Å²) in [5.41, 5.74) is 0.929. The molecule has 2 aliphatic rings. The van der Waals surface area contributed by atoms with Crippen molar-refractivity contribution in [1.29, 1.82) is 0 Å². The van der Waals surface area contributed by atoms with E-state index in [1.165, 1.54) is 0 Å². The van der Waals surface area contributed by atoms with E-state index >= 15 is 0 Å². The molecule has 0 N–H and O–H groups in total. The van der Waals surface area contributed by atoms with Gasteiger partial charge < -0.3 is 14.4 Å². The van der Waals surface area contributed by atoms with E-state index in [1.54, 1.807) is 4.42 Å². The van der Waals surface area contributed by atoms with E-state index in [-0.39, 0.29) is 0 Å². The van der Waals surface area contributed by atoms with Gasteiger partial charge in [0.2, 0.25) is 0 Å². The van der Waals surface area contributed by atoms with Crippen LogP contribution in [0.15, 0.2) is 12.1 Å². The molecule has 1 aromatic carbocycles. The molecule has 1 aromatic rings. The van der Waals surface area contributed by atoms with Crippen molar-refractivity contribution in [2.45, 2.75) is 0 Å². The summed E-state index contributed by atoms with van der Waals surface area (Å²) < 4.78 is 13.1. The molecule has 2 aliphatic heterocycles. The SMILES string of the molecule is Clc1ccc2c(c1N1CCN(Cl)CC1)OCCO2. The number of hydrogen-bond acceptors (Lipinski definition) is 4. The fourth-order valence-electron chi connectivity index (χ4n) is 2.28. The lowest BCUT2D eigenvalue weighted by Gasteiger charge is -2.35. The van der Waals surface area contributed by atoms with E-state index < -0.39 is 0 Å². The molecule has 0 bridgehead atoms. The molecule has 3 rings (SSSR count). The summed E-state index contributed by atoms with van der Waals surface area (Å²) in [6.45, 7) is 4.44. The van der Waals surface area contributed by atoms with Crippen LogP contribution in [0.4, 0.5) is 5.69 Å². The third kappa shape index (κ3) is 2.20. The predicted octanol–water partition coefficient (Wildman–Crippen LogP) is 2.39. The van der Waals surface area contributed by atoms with Crippen LogP contribution < -0.4 is 14.4 Å². The van der Waals surface area contributed by atoms with E-state index in [2.05, 4.69) is 4.90 Å². The summed E-state index contributed by atoms with van der Waals surface area (Å²) >= 11 is 12.3. The van der Waals surface area contributed by atoms with Crippen LogP contribution in [0.25, 0.3) is 0 Å². The first-order valence-corrected chi connectivity index (χ1v) is 6.71. The van der Waals surface area contributed by atoms with Crippen molar-refractivity contribution in [1.82, 2.24) is 4.42 Å². The van der Waals surface area contributed by atoms with Gasteiger partial charge >= 0.3 is 0 Å². The Morgan fingerprint density at radius 1 is 1.00 bits per heavy atom. The normalized spacial score (nSPS) is 20.0. The summed E-state index contributed by atoms with van der Waals surface area (Å²) in [6.07, 6.45) is 0. The van der Waals surface area contributed by atoms with E-state index in [9.17, 15) is 0 Å². The van der Waals surface area contributed by atoms with Crippen molar-refractivity contribution in [2.24, 2.45) is 0 Å². The number of piperazine rings is 1. The quantitative estimate of drug-likeness (QED) is 0.741. The van der Waals surface area contributed by atoms with Crippen LogP contribution in [0.2, 0.25) is 5.02 Å². The fourth-order valence-corrected chi connectivity index (χ4v) is 2.70. The van der Waals surface area contributed by atoms with Gasteiger partial charge in [0, 0.05) is 26.2 Å².